The van der Waals surface area contributed by atoms with Gasteiger partial charge in [-0.2, -0.15) is 4.98 Å². The molecule has 2 aromatic heterocycles. The lowest BCUT2D eigenvalue weighted by Gasteiger charge is -2.18. The van der Waals surface area contributed by atoms with Crippen molar-refractivity contribution in [1.29, 1.82) is 0 Å². The standard InChI is InChI=1S/C17H18FN5O2/c1-21-14-13(15(24)20-17(21)25)23(10-11-6-2-3-7-12(11)18)16(19-14)22-8-4-5-9-22/h2-3,6-7H,4-5,8-10H2,1H3,(H,20,24,25). The summed E-state index contributed by atoms with van der Waals surface area (Å²) in [5, 5.41) is 0. The van der Waals surface area contributed by atoms with Crippen LogP contribution in [0.5, 0.6) is 0 Å². The molecule has 1 aliphatic rings. The molecule has 0 amide bonds. The number of benzene rings is 1. The van der Waals surface area contributed by atoms with Gasteiger partial charge in [0.15, 0.2) is 11.2 Å². The molecule has 130 valence electrons. The van der Waals surface area contributed by atoms with Crippen LogP contribution in [0.1, 0.15) is 18.4 Å². The molecule has 0 saturated carbocycles. The van der Waals surface area contributed by atoms with E-state index in [1.807, 2.05) is 0 Å². The highest BCUT2D eigenvalue weighted by molar-refractivity contribution is 5.74. The Hall–Kier alpha value is -2.90. The van der Waals surface area contributed by atoms with E-state index in [-0.39, 0.29) is 17.9 Å². The van der Waals surface area contributed by atoms with Crippen molar-refractivity contribution in [1.82, 2.24) is 19.1 Å². The molecule has 1 N–H and O–H groups in total. The zero-order valence-electron chi connectivity index (χ0n) is 13.8. The van der Waals surface area contributed by atoms with Crippen LogP contribution in [0.3, 0.4) is 0 Å². The van der Waals surface area contributed by atoms with Gasteiger partial charge in [0.25, 0.3) is 5.56 Å². The lowest BCUT2D eigenvalue weighted by molar-refractivity contribution is 0.600. The highest BCUT2D eigenvalue weighted by Gasteiger charge is 2.24. The highest BCUT2D eigenvalue weighted by atomic mass is 19.1. The smallest absolute Gasteiger partial charge is 0.329 e. The van der Waals surface area contributed by atoms with Gasteiger partial charge in [0.2, 0.25) is 5.95 Å². The van der Waals surface area contributed by atoms with E-state index in [0.29, 0.717) is 17.2 Å². The molecule has 0 bridgehead atoms. The van der Waals surface area contributed by atoms with Gasteiger partial charge >= 0.3 is 5.69 Å². The van der Waals surface area contributed by atoms with Crippen molar-refractivity contribution in [3.05, 3.63) is 56.5 Å². The average molecular weight is 343 g/mol. The van der Waals surface area contributed by atoms with Gasteiger partial charge in [-0.1, -0.05) is 18.2 Å². The second-order valence-electron chi connectivity index (χ2n) is 6.27. The number of nitrogens with one attached hydrogen (secondary N) is 1. The number of anilines is 1. The van der Waals surface area contributed by atoms with Crippen molar-refractivity contribution in [2.24, 2.45) is 7.05 Å². The summed E-state index contributed by atoms with van der Waals surface area (Å²) in [6, 6.07) is 6.46. The quantitative estimate of drug-likeness (QED) is 0.776. The van der Waals surface area contributed by atoms with Crippen LogP contribution < -0.4 is 16.1 Å². The Labute approximate surface area is 142 Å². The fourth-order valence-electron chi connectivity index (χ4n) is 3.33. The van der Waals surface area contributed by atoms with E-state index in [9.17, 15) is 14.0 Å². The molecule has 1 fully saturated rings. The number of aryl methyl sites for hydroxylation is 1. The maximum Gasteiger partial charge on any atom is 0.329 e. The number of hydrogen-bond donors (Lipinski definition) is 1. The van der Waals surface area contributed by atoms with Gasteiger partial charge in [0, 0.05) is 25.7 Å². The summed E-state index contributed by atoms with van der Waals surface area (Å²) in [6.45, 7) is 1.83. The fraction of sp³-hybridized carbons (Fsp3) is 0.353. The molecule has 0 atom stereocenters. The minimum Gasteiger partial charge on any atom is -0.342 e. The lowest BCUT2D eigenvalue weighted by atomic mass is 10.2. The lowest BCUT2D eigenvalue weighted by Crippen LogP contribution is -2.29. The van der Waals surface area contributed by atoms with Gasteiger partial charge in [-0.15, -0.1) is 0 Å². The van der Waals surface area contributed by atoms with Crippen molar-refractivity contribution < 1.29 is 4.39 Å². The number of nitrogens with zero attached hydrogens (tertiary/aromatic N) is 4. The van der Waals surface area contributed by atoms with Gasteiger partial charge < -0.3 is 4.90 Å². The third-order valence-corrected chi connectivity index (χ3v) is 4.66. The van der Waals surface area contributed by atoms with Gasteiger partial charge in [-0.05, 0) is 18.9 Å². The molecule has 25 heavy (non-hydrogen) atoms. The largest absolute Gasteiger partial charge is 0.342 e. The summed E-state index contributed by atoms with van der Waals surface area (Å²) < 4.78 is 17.2. The van der Waals surface area contributed by atoms with Crippen LogP contribution >= 0.6 is 0 Å². The van der Waals surface area contributed by atoms with E-state index < -0.39 is 11.2 Å². The Bertz CT molecular complexity index is 1060. The van der Waals surface area contributed by atoms with E-state index >= 15 is 0 Å². The Morgan fingerprint density at radius 2 is 1.92 bits per heavy atom. The second-order valence-corrected chi connectivity index (χ2v) is 6.27. The Kier molecular flexibility index (Phi) is 3.67. The maximum absolute atomic E-state index is 14.1. The monoisotopic (exact) mass is 343 g/mol. The molecule has 4 rings (SSSR count). The van der Waals surface area contributed by atoms with Gasteiger partial charge in [-0.3, -0.25) is 18.9 Å². The summed E-state index contributed by atoms with van der Waals surface area (Å²) in [5.41, 5.74) is 0.0446. The van der Waals surface area contributed by atoms with E-state index in [1.54, 1.807) is 29.8 Å². The zero-order chi connectivity index (χ0) is 17.6. The van der Waals surface area contributed by atoms with Crippen LogP contribution in [-0.4, -0.2) is 32.2 Å². The fourth-order valence-corrected chi connectivity index (χ4v) is 3.33. The van der Waals surface area contributed by atoms with Gasteiger partial charge in [-0.25, -0.2) is 9.18 Å². The number of aromatic amines is 1. The van der Waals surface area contributed by atoms with Crippen molar-refractivity contribution in [2.75, 3.05) is 18.0 Å². The minimum absolute atomic E-state index is 0.177. The molecule has 1 aliphatic heterocycles. The summed E-state index contributed by atoms with van der Waals surface area (Å²) in [5.74, 6) is 0.264. The van der Waals surface area contributed by atoms with Gasteiger partial charge in [0.1, 0.15) is 5.82 Å². The Morgan fingerprint density at radius 3 is 2.64 bits per heavy atom. The first-order chi connectivity index (χ1) is 12.1. The van der Waals surface area contributed by atoms with Crippen molar-refractivity contribution in [3.63, 3.8) is 0 Å². The van der Waals surface area contributed by atoms with Crippen molar-refractivity contribution in [2.45, 2.75) is 19.4 Å². The number of hydrogen-bond acceptors (Lipinski definition) is 4. The summed E-state index contributed by atoms with van der Waals surface area (Å²) in [7, 11) is 1.56. The molecule has 0 spiro atoms. The van der Waals surface area contributed by atoms with Crippen LogP contribution in [0.4, 0.5) is 10.3 Å². The summed E-state index contributed by atoms with van der Waals surface area (Å²) >= 11 is 0. The topological polar surface area (TPSA) is 75.9 Å². The Morgan fingerprint density at radius 1 is 1.20 bits per heavy atom. The Balaban J connectivity index is 1.98. The molecular weight excluding hydrogens is 325 g/mol. The zero-order valence-corrected chi connectivity index (χ0v) is 13.8. The van der Waals surface area contributed by atoms with Crippen LogP contribution in [0.25, 0.3) is 11.2 Å². The normalized spacial score (nSPS) is 14.6. The molecule has 0 unspecified atom stereocenters. The SMILES string of the molecule is Cn1c(=O)[nH]c(=O)c2c1nc(N1CCCC1)n2Cc1ccccc1F. The average Bonchev–Trinajstić information content (AvgIpc) is 3.22. The predicted molar refractivity (Wildman–Crippen MR) is 92.5 cm³/mol. The molecule has 0 radical (unpaired) electrons. The predicted octanol–water partition coefficient (Wildman–Crippen LogP) is 1.21. The number of fused-ring (bicyclic) bond motifs is 1. The van der Waals surface area contributed by atoms with E-state index in [0.717, 1.165) is 25.9 Å². The maximum atomic E-state index is 14.1. The van der Waals surface area contributed by atoms with E-state index in [4.69, 9.17) is 0 Å². The van der Waals surface area contributed by atoms with Crippen LogP contribution in [0.2, 0.25) is 0 Å². The third kappa shape index (κ3) is 2.54. The summed E-state index contributed by atoms with van der Waals surface area (Å²) in [6.07, 6.45) is 2.08. The van der Waals surface area contributed by atoms with Crippen molar-refractivity contribution >= 4 is 17.1 Å². The first kappa shape index (κ1) is 15.6. The number of aromatic nitrogens is 4. The molecule has 1 saturated heterocycles. The van der Waals surface area contributed by atoms with Crippen LogP contribution in [0.15, 0.2) is 33.9 Å². The number of H-pyrrole nitrogens is 1. The van der Waals surface area contributed by atoms with Crippen LogP contribution in [-0.2, 0) is 13.6 Å². The second kappa shape index (κ2) is 5.87. The molecule has 1 aromatic carbocycles. The molecule has 0 aliphatic carbocycles. The highest BCUT2D eigenvalue weighted by Crippen LogP contribution is 2.24. The van der Waals surface area contributed by atoms with Gasteiger partial charge in [0.05, 0.1) is 6.54 Å². The third-order valence-electron chi connectivity index (χ3n) is 4.66. The first-order valence-corrected chi connectivity index (χ1v) is 8.24. The molecule has 7 nitrogen and oxygen atoms in total. The number of rotatable bonds is 3. The van der Waals surface area contributed by atoms with Crippen LogP contribution in [0, 0.1) is 5.82 Å². The van der Waals surface area contributed by atoms with E-state index in [2.05, 4.69) is 14.9 Å². The van der Waals surface area contributed by atoms with Crippen molar-refractivity contribution in [3.8, 4) is 0 Å². The summed E-state index contributed by atoms with van der Waals surface area (Å²) in [4.78, 5) is 33.3. The molecule has 3 heterocycles. The molecular formula is C17H18FN5O2. The number of imidazole rings is 1. The number of halogens is 1. The first-order valence-electron chi connectivity index (χ1n) is 8.24. The minimum atomic E-state index is -0.513. The molecule has 3 aromatic rings. The van der Waals surface area contributed by atoms with E-state index in [1.165, 1.54) is 10.6 Å². The molecule has 8 heteroatoms.